The van der Waals surface area contributed by atoms with Crippen molar-refractivity contribution in [3.8, 4) is 5.75 Å². The van der Waals surface area contributed by atoms with Gasteiger partial charge in [-0.25, -0.2) is 9.78 Å². The highest BCUT2D eigenvalue weighted by atomic mass is 16.5. The minimum Gasteiger partial charge on any atom is -0.497 e. The first-order chi connectivity index (χ1) is 15.4. The first-order valence-corrected chi connectivity index (χ1v) is 10.5. The number of hydrogen-bond donors (Lipinski definition) is 0. The zero-order chi connectivity index (χ0) is 22.8. The number of nitrogens with zero attached hydrogens (tertiary/aromatic N) is 4. The van der Waals surface area contributed by atoms with Crippen LogP contribution >= 0.6 is 0 Å². The average molecular weight is 438 g/mol. The number of hydrogen-bond acceptors (Lipinski definition) is 6. The van der Waals surface area contributed by atoms with Crippen molar-refractivity contribution in [2.24, 2.45) is 14.1 Å². The predicted molar refractivity (Wildman–Crippen MR) is 117 cm³/mol. The number of methoxy groups -OCH3 is 1. The van der Waals surface area contributed by atoms with Crippen molar-refractivity contribution in [1.82, 2.24) is 19.0 Å². The van der Waals surface area contributed by atoms with Gasteiger partial charge in [0.05, 0.1) is 13.3 Å². The molecular formula is C23H26N4O5. The highest BCUT2D eigenvalue weighted by molar-refractivity contribution is 5.92. The van der Waals surface area contributed by atoms with Crippen molar-refractivity contribution in [3.05, 3.63) is 80.3 Å². The number of oxazole rings is 1. The van der Waals surface area contributed by atoms with Gasteiger partial charge in [0.15, 0.2) is 0 Å². The van der Waals surface area contributed by atoms with Crippen LogP contribution in [0.1, 0.15) is 53.0 Å². The van der Waals surface area contributed by atoms with Crippen molar-refractivity contribution >= 4 is 5.91 Å². The van der Waals surface area contributed by atoms with Gasteiger partial charge in [-0.1, -0.05) is 12.1 Å². The summed E-state index contributed by atoms with van der Waals surface area (Å²) in [6, 6.07) is 8.58. The maximum atomic E-state index is 13.3. The fourth-order valence-corrected chi connectivity index (χ4v) is 4.06. The minimum atomic E-state index is -0.536. The smallest absolute Gasteiger partial charge is 0.331 e. The lowest BCUT2D eigenvalue weighted by Gasteiger charge is -2.34. The van der Waals surface area contributed by atoms with E-state index in [0.717, 1.165) is 28.7 Å². The molecule has 168 valence electrons. The molecule has 0 radical (unpaired) electrons. The van der Waals surface area contributed by atoms with E-state index in [0.29, 0.717) is 31.0 Å². The van der Waals surface area contributed by atoms with Crippen LogP contribution in [0.5, 0.6) is 5.75 Å². The van der Waals surface area contributed by atoms with Gasteiger partial charge in [-0.15, -0.1) is 0 Å². The molecule has 0 spiro atoms. The molecule has 2 aromatic heterocycles. The van der Waals surface area contributed by atoms with Gasteiger partial charge in [-0.3, -0.25) is 18.7 Å². The summed E-state index contributed by atoms with van der Waals surface area (Å²) in [6.45, 7) is 0.500. The molecule has 3 aromatic rings. The normalized spacial score (nSPS) is 16.2. The molecule has 1 saturated heterocycles. The van der Waals surface area contributed by atoms with Crippen molar-refractivity contribution in [1.29, 1.82) is 0 Å². The molecule has 9 nitrogen and oxygen atoms in total. The summed E-state index contributed by atoms with van der Waals surface area (Å²) in [4.78, 5) is 43.8. The number of rotatable bonds is 5. The largest absolute Gasteiger partial charge is 0.497 e. The Morgan fingerprint density at radius 1 is 1.19 bits per heavy atom. The van der Waals surface area contributed by atoms with Gasteiger partial charge in [0.25, 0.3) is 11.5 Å². The van der Waals surface area contributed by atoms with Gasteiger partial charge >= 0.3 is 5.69 Å². The van der Waals surface area contributed by atoms with Crippen LogP contribution < -0.4 is 16.0 Å². The lowest BCUT2D eigenvalue weighted by atomic mass is 10.0. The highest BCUT2D eigenvalue weighted by Crippen LogP contribution is 2.32. The van der Waals surface area contributed by atoms with Gasteiger partial charge in [-0.05, 0) is 37.0 Å². The zero-order valence-electron chi connectivity index (χ0n) is 18.4. The van der Waals surface area contributed by atoms with Crippen molar-refractivity contribution in [2.45, 2.75) is 31.7 Å². The number of likely N-dealkylation sites (tertiary alicyclic amines) is 1. The summed E-state index contributed by atoms with van der Waals surface area (Å²) >= 11 is 0. The highest BCUT2D eigenvalue weighted by Gasteiger charge is 2.33. The van der Waals surface area contributed by atoms with Crippen LogP contribution in [0, 0.1) is 0 Å². The molecular weight excluding hydrogens is 412 g/mol. The van der Waals surface area contributed by atoms with E-state index >= 15 is 0 Å². The molecule has 4 rings (SSSR count). The minimum absolute atomic E-state index is 0.0631. The summed E-state index contributed by atoms with van der Waals surface area (Å²) in [7, 11) is 4.50. The first kappa shape index (κ1) is 21.6. The summed E-state index contributed by atoms with van der Waals surface area (Å²) in [6.07, 6.45) is 4.69. The van der Waals surface area contributed by atoms with E-state index in [2.05, 4.69) is 4.98 Å². The lowest BCUT2D eigenvalue weighted by Crippen LogP contribution is -2.44. The van der Waals surface area contributed by atoms with Gasteiger partial charge in [-0.2, -0.15) is 0 Å². The Kier molecular flexibility index (Phi) is 5.98. The summed E-state index contributed by atoms with van der Waals surface area (Å²) in [5, 5.41) is 0. The molecule has 3 heterocycles. The van der Waals surface area contributed by atoms with Gasteiger partial charge < -0.3 is 14.1 Å². The fraction of sp³-hybridized carbons (Fsp3) is 0.391. The quantitative estimate of drug-likeness (QED) is 0.604. The van der Waals surface area contributed by atoms with Gasteiger partial charge in [0, 0.05) is 33.1 Å². The van der Waals surface area contributed by atoms with Crippen LogP contribution in [0.2, 0.25) is 0 Å². The molecule has 1 atom stereocenters. The number of piperidine rings is 1. The molecule has 1 aliphatic rings. The van der Waals surface area contributed by atoms with E-state index < -0.39 is 11.2 Å². The summed E-state index contributed by atoms with van der Waals surface area (Å²) in [5.74, 6) is 1.54. The topological polar surface area (TPSA) is 99.6 Å². The van der Waals surface area contributed by atoms with Gasteiger partial charge in [0.2, 0.25) is 5.89 Å². The molecule has 32 heavy (non-hydrogen) atoms. The van der Waals surface area contributed by atoms with E-state index in [-0.39, 0.29) is 17.6 Å². The average Bonchev–Trinajstić information content (AvgIpc) is 3.28. The SMILES string of the molecule is COc1cccc(Cc2cnc([C@H]3CCCCN3C(=O)c3cc(=O)n(C)c(=O)n3C)o2)c1. The second-order valence-electron chi connectivity index (χ2n) is 7.97. The van der Waals surface area contributed by atoms with E-state index in [1.165, 1.54) is 24.7 Å². The van der Waals surface area contributed by atoms with Gasteiger partial charge in [0.1, 0.15) is 23.2 Å². The predicted octanol–water partition coefficient (Wildman–Crippen LogP) is 2.04. The Labute approximate surface area is 184 Å². The number of aromatic nitrogens is 3. The molecule has 0 bridgehead atoms. The van der Waals surface area contributed by atoms with E-state index in [4.69, 9.17) is 9.15 Å². The molecule has 0 unspecified atom stereocenters. The van der Waals surface area contributed by atoms with Crippen LogP contribution in [0.4, 0.5) is 0 Å². The summed E-state index contributed by atoms with van der Waals surface area (Å²) in [5.41, 5.74) is 0.0414. The molecule has 9 heteroatoms. The Morgan fingerprint density at radius 3 is 2.78 bits per heavy atom. The molecule has 1 aliphatic heterocycles. The number of carbonyl (C=O) groups is 1. The summed E-state index contributed by atoms with van der Waals surface area (Å²) < 4.78 is 13.5. The number of benzene rings is 1. The number of carbonyl (C=O) groups excluding carboxylic acids is 1. The van der Waals surface area contributed by atoms with Crippen LogP contribution in [-0.2, 0) is 20.5 Å². The van der Waals surface area contributed by atoms with Crippen LogP contribution in [-0.4, -0.2) is 38.6 Å². The Hall–Kier alpha value is -3.62. The Balaban J connectivity index is 1.60. The molecule has 0 N–H and O–H groups in total. The van der Waals surface area contributed by atoms with Crippen LogP contribution in [0.3, 0.4) is 0 Å². The second kappa shape index (κ2) is 8.86. The third-order valence-corrected chi connectivity index (χ3v) is 5.88. The second-order valence-corrected chi connectivity index (χ2v) is 7.97. The molecule has 1 aromatic carbocycles. The molecule has 1 fully saturated rings. The molecule has 0 saturated carbocycles. The maximum absolute atomic E-state index is 13.3. The van der Waals surface area contributed by atoms with E-state index in [9.17, 15) is 14.4 Å². The van der Waals surface area contributed by atoms with Crippen LogP contribution in [0.25, 0.3) is 0 Å². The van der Waals surface area contributed by atoms with E-state index in [1.54, 1.807) is 18.2 Å². The third-order valence-electron chi connectivity index (χ3n) is 5.88. The van der Waals surface area contributed by atoms with E-state index in [1.807, 2.05) is 24.3 Å². The Bertz CT molecular complexity index is 1260. The number of ether oxygens (including phenoxy) is 1. The van der Waals surface area contributed by atoms with Crippen molar-refractivity contribution < 1.29 is 13.9 Å². The third kappa shape index (κ3) is 4.10. The molecule has 1 amide bonds. The lowest BCUT2D eigenvalue weighted by molar-refractivity contribution is 0.0557. The fourth-order valence-electron chi connectivity index (χ4n) is 4.06. The number of amides is 1. The molecule has 0 aliphatic carbocycles. The van der Waals surface area contributed by atoms with Crippen molar-refractivity contribution in [2.75, 3.05) is 13.7 Å². The van der Waals surface area contributed by atoms with Crippen molar-refractivity contribution in [3.63, 3.8) is 0 Å². The Morgan fingerprint density at radius 2 is 2.00 bits per heavy atom. The first-order valence-electron chi connectivity index (χ1n) is 10.5. The monoisotopic (exact) mass is 438 g/mol. The van der Waals surface area contributed by atoms with Crippen LogP contribution in [0.15, 0.2) is 50.5 Å². The maximum Gasteiger partial charge on any atom is 0.331 e. The standard InChI is InChI=1S/C23H26N4O5/c1-25-19(13-20(28)26(2)23(25)30)22(29)27-10-5-4-9-18(27)21-24-14-17(32-21)12-15-7-6-8-16(11-15)31-3/h6-8,11,13-14,18H,4-5,9-10,12H2,1-3H3/t18-/m1/s1. The zero-order valence-corrected chi connectivity index (χ0v) is 18.4.